The lowest BCUT2D eigenvalue weighted by Crippen LogP contribution is -2.24. The summed E-state index contributed by atoms with van der Waals surface area (Å²) in [5, 5.41) is 3.22. The minimum atomic E-state index is -0.828. The van der Waals surface area contributed by atoms with Gasteiger partial charge in [0.15, 0.2) is 0 Å². The highest BCUT2D eigenvalue weighted by molar-refractivity contribution is 7.85. The Morgan fingerprint density at radius 1 is 1.30 bits per heavy atom. The van der Waals surface area contributed by atoms with Gasteiger partial charge in [0.2, 0.25) is 0 Å². The zero-order valence-corrected chi connectivity index (χ0v) is 13.6. The fraction of sp³-hybridized carbons (Fsp3) is 0.600. The maximum Gasteiger partial charge on any atom is 0.123 e. The molecule has 5 heteroatoms. The number of hydrogen-bond donors (Lipinski definition) is 1. The summed E-state index contributed by atoms with van der Waals surface area (Å²) < 4.78 is 22.8. The van der Waals surface area contributed by atoms with E-state index in [0.717, 1.165) is 35.7 Å². The molecule has 0 fully saturated rings. The Morgan fingerprint density at radius 2 is 2.05 bits per heavy atom. The summed E-state index contributed by atoms with van der Waals surface area (Å²) in [7, 11) is 4.33. The Hall–Kier alpha value is -1.07. The van der Waals surface area contributed by atoms with Crippen molar-refractivity contribution in [3.05, 3.63) is 23.8 Å². The third-order valence-electron chi connectivity index (χ3n) is 3.24. The van der Waals surface area contributed by atoms with E-state index in [1.807, 2.05) is 25.2 Å². The fourth-order valence-corrected chi connectivity index (χ4v) is 3.51. The van der Waals surface area contributed by atoms with Crippen LogP contribution in [0.2, 0.25) is 0 Å². The maximum atomic E-state index is 12.1. The van der Waals surface area contributed by atoms with Crippen molar-refractivity contribution in [2.75, 3.05) is 32.8 Å². The monoisotopic (exact) mass is 299 g/mol. The molecule has 1 aromatic rings. The van der Waals surface area contributed by atoms with Crippen LogP contribution in [0.4, 0.5) is 0 Å². The summed E-state index contributed by atoms with van der Waals surface area (Å²) in [6.07, 6.45) is 2.07. The van der Waals surface area contributed by atoms with E-state index in [2.05, 4.69) is 12.2 Å². The molecule has 1 rings (SSSR count). The molecule has 0 saturated heterocycles. The predicted molar refractivity (Wildman–Crippen MR) is 84.1 cm³/mol. The van der Waals surface area contributed by atoms with Gasteiger partial charge in [0.1, 0.15) is 11.5 Å². The first-order valence-electron chi connectivity index (χ1n) is 6.90. The molecule has 0 heterocycles. The topological polar surface area (TPSA) is 47.6 Å². The average molecular weight is 299 g/mol. The molecular formula is C15H25NO3S. The SMILES string of the molecule is CCCCS(=O)CC(NC)c1cc(OC)ccc1OC. The molecule has 0 aliphatic rings. The van der Waals surface area contributed by atoms with Crippen molar-refractivity contribution in [2.45, 2.75) is 25.8 Å². The smallest absolute Gasteiger partial charge is 0.123 e. The summed E-state index contributed by atoms with van der Waals surface area (Å²) in [4.78, 5) is 0. The van der Waals surface area contributed by atoms with Gasteiger partial charge in [-0.1, -0.05) is 13.3 Å². The van der Waals surface area contributed by atoms with E-state index in [-0.39, 0.29) is 6.04 Å². The van der Waals surface area contributed by atoms with Crippen LogP contribution in [-0.2, 0) is 10.8 Å². The highest BCUT2D eigenvalue weighted by atomic mass is 32.2. The van der Waals surface area contributed by atoms with Crippen molar-refractivity contribution >= 4 is 10.8 Å². The number of methoxy groups -OCH3 is 2. The molecule has 1 aromatic carbocycles. The van der Waals surface area contributed by atoms with Crippen LogP contribution >= 0.6 is 0 Å². The van der Waals surface area contributed by atoms with Crippen LogP contribution in [0.15, 0.2) is 18.2 Å². The second kappa shape index (κ2) is 8.97. The Kier molecular flexibility index (Phi) is 7.62. The van der Waals surface area contributed by atoms with Crippen molar-refractivity contribution in [1.29, 1.82) is 0 Å². The van der Waals surface area contributed by atoms with Gasteiger partial charge in [0.05, 0.1) is 14.2 Å². The van der Waals surface area contributed by atoms with E-state index >= 15 is 0 Å². The van der Waals surface area contributed by atoms with Gasteiger partial charge in [-0.15, -0.1) is 0 Å². The first-order valence-corrected chi connectivity index (χ1v) is 8.39. The van der Waals surface area contributed by atoms with E-state index < -0.39 is 10.8 Å². The number of ether oxygens (including phenoxy) is 2. The molecule has 0 aromatic heterocycles. The van der Waals surface area contributed by atoms with Crippen LogP contribution in [0.1, 0.15) is 31.4 Å². The molecule has 0 radical (unpaired) electrons. The lowest BCUT2D eigenvalue weighted by molar-refractivity contribution is 0.394. The summed E-state index contributed by atoms with van der Waals surface area (Å²) in [6.45, 7) is 2.11. The lowest BCUT2D eigenvalue weighted by Gasteiger charge is -2.20. The molecule has 0 aliphatic heterocycles. The average Bonchev–Trinajstić information content (AvgIpc) is 2.49. The van der Waals surface area contributed by atoms with Gasteiger partial charge in [-0.05, 0) is 31.7 Å². The molecule has 2 unspecified atom stereocenters. The quantitative estimate of drug-likeness (QED) is 0.761. The van der Waals surface area contributed by atoms with Gasteiger partial charge in [0.25, 0.3) is 0 Å². The molecule has 1 N–H and O–H groups in total. The van der Waals surface area contributed by atoms with Crippen molar-refractivity contribution in [1.82, 2.24) is 5.32 Å². The second-order valence-electron chi connectivity index (χ2n) is 4.61. The zero-order valence-electron chi connectivity index (χ0n) is 12.8. The van der Waals surface area contributed by atoms with Crippen molar-refractivity contribution in [2.24, 2.45) is 0 Å². The zero-order chi connectivity index (χ0) is 15.0. The number of benzene rings is 1. The van der Waals surface area contributed by atoms with E-state index in [4.69, 9.17) is 9.47 Å². The normalized spacial score (nSPS) is 13.8. The van der Waals surface area contributed by atoms with E-state index in [1.165, 1.54) is 0 Å². The first kappa shape index (κ1) is 17.0. The molecule has 0 bridgehead atoms. The van der Waals surface area contributed by atoms with Crippen molar-refractivity contribution in [3.63, 3.8) is 0 Å². The van der Waals surface area contributed by atoms with Gasteiger partial charge in [-0.2, -0.15) is 0 Å². The molecule has 20 heavy (non-hydrogen) atoms. The molecule has 2 atom stereocenters. The molecule has 0 amide bonds. The van der Waals surface area contributed by atoms with Gasteiger partial charge in [-0.3, -0.25) is 4.21 Å². The van der Waals surface area contributed by atoms with E-state index in [1.54, 1.807) is 14.2 Å². The number of nitrogens with one attached hydrogen (secondary N) is 1. The Labute approximate surface area is 124 Å². The summed E-state index contributed by atoms with van der Waals surface area (Å²) in [5.41, 5.74) is 0.985. The van der Waals surface area contributed by atoms with Crippen LogP contribution in [0.25, 0.3) is 0 Å². The maximum absolute atomic E-state index is 12.1. The standard InChI is InChI=1S/C15H25NO3S/c1-5-6-9-20(17)11-14(16-2)13-10-12(18-3)7-8-15(13)19-4/h7-8,10,14,16H,5-6,9,11H2,1-4H3. The van der Waals surface area contributed by atoms with Gasteiger partial charge >= 0.3 is 0 Å². The molecule has 114 valence electrons. The van der Waals surface area contributed by atoms with Crippen LogP contribution in [-0.4, -0.2) is 37.0 Å². The van der Waals surface area contributed by atoms with Crippen molar-refractivity contribution in [3.8, 4) is 11.5 Å². The van der Waals surface area contributed by atoms with E-state index in [9.17, 15) is 4.21 Å². The van der Waals surface area contributed by atoms with Crippen molar-refractivity contribution < 1.29 is 13.7 Å². The summed E-state index contributed by atoms with van der Waals surface area (Å²) in [5.74, 6) is 2.90. The van der Waals surface area contributed by atoms with Gasteiger partial charge < -0.3 is 14.8 Å². The first-order chi connectivity index (χ1) is 9.65. The highest BCUT2D eigenvalue weighted by Gasteiger charge is 2.18. The fourth-order valence-electron chi connectivity index (χ4n) is 2.01. The molecule has 0 aliphatic carbocycles. The largest absolute Gasteiger partial charge is 0.497 e. The molecule has 0 spiro atoms. The van der Waals surface area contributed by atoms with E-state index in [0.29, 0.717) is 5.75 Å². The minimum absolute atomic E-state index is 0.00209. The Bertz CT molecular complexity index is 437. The number of rotatable bonds is 9. The lowest BCUT2D eigenvalue weighted by atomic mass is 10.1. The Balaban J connectivity index is 2.90. The molecule has 0 saturated carbocycles. The number of hydrogen-bond acceptors (Lipinski definition) is 4. The minimum Gasteiger partial charge on any atom is -0.497 e. The predicted octanol–water partition coefficient (Wildman–Crippen LogP) is 2.51. The Morgan fingerprint density at radius 3 is 2.60 bits per heavy atom. The van der Waals surface area contributed by atoms with Gasteiger partial charge in [0, 0.05) is 33.9 Å². The molecule has 4 nitrogen and oxygen atoms in total. The summed E-state index contributed by atoms with van der Waals surface area (Å²) in [6, 6.07) is 5.69. The van der Waals surface area contributed by atoms with Crippen LogP contribution in [0.5, 0.6) is 11.5 Å². The summed E-state index contributed by atoms with van der Waals surface area (Å²) >= 11 is 0. The highest BCUT2D eigenvalue weighted by Crippen LogP contribution is 2.29. The second-order valence-corrected chi connectivity index (χ2v) is 6.23. The van der Waals surface area contributed by atoms with Crippen LogP contribution in [0, 0.1) is 0 Å². The third kappa shape index (κ3) is 4.80. The number of unbranched alkanes of at least 4 members (excludes halogenated alkanes) is 1. The van der Waals surface area contributed by atoms with Crippen LogP contribution in [0.3, 0.4) is 0 Å². The van der Waals surface area contributed by atoms with Gasteiger partial charge in [-0.25, -0.2) is 0 Å². The van der Waals surface area contributed by atoms with Crippen LogP contribution < -0.4 is 14.8 Å². The molecular weight excluding hydrogens is 274 g/mol. The third-order valence-corrected chi connectivity index (χ3v) is 4.69.